The predicted octanol–water partition coefficient (Wildman–Crippen LogP) is 4.97. The fourth-order valence-corrected chi connectivity index (χ4v) is 4.36. The number of pyridine rings is 1. The van der Waals surface area contributed by atoms with Crippen LogP contribution >= 0.6 is 0 Å². The fraction of sp³-hybridized carbons (Fsp3) is 0.296. The van der Waals surface area contributed by atoms with Gasteiger partial charge in [0.15, 0.2) is 0 Å². The molecule has 1 fully saturated rings. The van der Waals surface area contributed by atoms with Gasteiger partial charge < -0.3 is 24.8 Å². The van der Waals surface area contributed by atoms with Gasteiger partial charge in [0.05, 0.1) is 12.6 Å². The fourth-order valence-electron chi connectivity index (χ4n) is 4.36. The van der Waals surface area contributed by atoms with Crippen molar-refractivity contribution in [3.63, 3.8) is 0 Å². The molecule has 1 aliphatic rings. The maximum Gasteiger partial charge on any atom is 0.238 e. The third-order valence-electron chi connectivity index (χ3n) is 6.50. The molecule has 5 rings (SSSR count). The lowest BCUT2D eigenvalue weighted by Crippen LogP contribution is -2.59. The SMILES string of the molecule is COc1nc2ccccc2cc1Nc1ccnc(Nc2ccc(OC3CC(OC)(N(C)C)C3)cc2)n1. The normalized spacial score (nSPS) is 19.1. The van der Waals surface area contributed by atoms with Gasteiger partial charge >= 0.3 is 0 Å². The Morgan fingerprint density at radius 1 is 0.944 bits per heavy atom. The van der Waals surface area contributed by atoms with Gasteiger partial charge in [-0.15, -0.1) is 0 Å². The Bertz CT molecular complexity index is 1340. The molecule has 36 heavy (non-hydrogen) atoms. The Morgan fingerprint density at radius 2 is 1.72 bits per heavy atom. The van der Waals surface area contributed by atoms with E-state index in [1.54, 1.807) is 26.5 Å². The van der Waals surface area contributed by atoms with Gasteiger partial charge in [-0.3, -0.25) is 4.90 Å². The van der Waals surface area contributed by atoms with E-state index in [-0.39, 0.29) is 11.8 Å². The Labute approximate surface area is 210 Å². The van der Waals surface area contributed by atoms with Crippen molar-refractivity contribution in [3.8, 4) is 11.6 Å². The molecule has 9 nitrogen and oxygen atoms in total. The largest absolute Gasteiger partial charge is 0.490 e. The molecule has 0 saturated heterocycles. The number of fused-ring (bicyclic) bond motifs is 1. The van der Waals surface area contributed by atoms with Gasteiger partial charge in [-0.25, -0.2) is 9.97 Å². The van der Waals surface area contributed by atoms with Crippen molar-refractivity contribution in [2.75, 3.05) is 38.9 Å². The smallest absolute Gasteiger partial charge is 0.238 e. The van der Waals surface area contributed by atoms with Gasteiger partial charge in [0.2, 0.25) is 11.8 Å². The number of para-hydroxylation sites is 1. The maximum absolute atomic E-state index is 6.11. The van der Waals surface area contributed by atoms with Crippen molar-refractivity contribution in [1.82, 2.24) is 19.9 Å². The van der Waals surface area contributed by atoms with Gasteiger partial charge in [-0.2, -0.15) is 4.98 Å². The van der Waals surface area contributed by atoms with E-state index in [4.69, 9.17) is 14.2 Å². The van der Waals surface area contributed by atoms with Crippen LogP contribution in [0.1, 0.15) is 12.8 Å². The van der Waals surface area contributed by atoms with Crippen molar-refractivity contribution in [2.24, 2.45) is 0 Å². The number of benzene rings is 2. The highest BCUT2D eigenvalue weighted by Crippen LogP contribution is 2.39. The van der Waals surface area contributed by atoms with Crippen molar-refractivity contribution in [1.29, 1.82) is 0 Å². The first-order valence-corrected chi connectivity index (χ1v) is 11.8. The molecule has 2 heterocycles. The molecular formula is C27H30N6O3. The molecule has 9 heteroatoms. The molecule has 2 aromatic heterocycles. The monoisotopic (exact) mass is 486 g/mol. The molecule has 4 aromatic rings. The quantitative estimate of drug-likeness (QED) is 0.318. The average Bonchev–Trinajstić information content (AvgIpc) is 2.86. The summed E-state index contributed by atoms with van der Waals surface area (Å²) >= 11 is 0. The molecule has 186 valence electrons. The van der Waals surface area contributed by atoms with E-state index >= 15 is 0 Å². The summed E-state index contributed by atoms with van der Waals surface area (Å²) in [6.45, 7) is 0. The summed E-state index contributed by atoms with van der Waals surface area (Å²) in [4.78, 5) is 15.6. The summed E-state index contributed by atoms with van der Waals surface area (Å²) in [5.74, 6) is 2.41. The molecule has 0 spiro atoms. The first kappa shape index (κ1) is 23.8. The van der Waals surface area contributed by atoms with Crippen LogP contribution in [0.5, 0.6) is 11.6 Å². The van der Waals surface area contributed by atoms with Gasteiger partial charge in [0.1, 0.15) is 29.1 Å². The van der Waals surface area contributed by atoms with E-state index in [9.17, 15) is 0 Å². The van der Waals surface area contributed by atoms with E-state index in [0.717, 1.165) is 40.9 Å². The van der Waals surface area contributed by atoms with Crippen LogP contribution in [0.4, 0.5) is 23.1 Å². The number of methoxy groups -OCH3 is 2. The second-order valence-electron chi connectivity index (χ2n) is 8.97. The van der Waals surface area contributed by atoms with Crippen LogP contribution in [-0.2, 0) is 4.74 Å². The van der Waals surface area contributed by atoms with Gasteiger partial charge in [0.25, 0.3) is 0 Å². The van der Waals surface area contributed by atoms with Gasteiger partial charge in [-0.05, 0) is 56.6 Å². The number of hydrogen-bond donors (Lipinski definition) is 2. The summed E-state index contributed by atoms with van der Waals surface area (Å²) < 4.78 is 17.3. The minimum Gasteiger partial charge on any atom is -0.490 e. The van der Waals surface area contributed by atoms with Crippen LogP contribution in [-0.4, -0.2) is 60.0 Å². The lowest BCUT2D eigenvalue weighted by atomic mass is 9.83. The molecule has 0 amide bonds. The summed E-state index contributed by atoms with van der Waals surface area (Å²) in [5, 5.41) is 7.54. The minimum atomic E-state index is -0.227. The van der Waals surface area contributed by atoms with Crippen molar-refractivity contribution in [3.05, 3.63) is 66.9 Å². The number of rotatable bonds is 9. The Balaban J connectivity index is 1.23. The standard InChI is InChI=1S/C27H30N6O3/c1-33(2)27(35-4)16-21(17-27)36-20-11-9-19(10-12-20)29-26-28-14-13-24(32-26)30-23-15-18-7-5-6-8-22(18)31-25(23)34-3/h5-15,21H,16-17H2,1-4H3,(H2,28,29,30,32). The molecule has 2 aromatic carbocycles. The van der Waals surface area contributed by atoms with Gasteiger partial charge in [-0.1, -0.05) is 18.2 Å². The van der Waals surface area contributed by atoms with Crippen molar-refractivity contribution < 1.29 is 14.2 Å². The van der Waals surface area contributed by atoms with E-state index < -0.39 is 0 Å². The zero-order valence-electron chi connectivity index (χ0n) is 20.9. The van der Waals surface area contributed by atoms with Crippen LogP contribution in [0.15, 0.2) is 66.9 Å². The number of anilines is 4. The van der Waals surface area contributed by atoms with Crippen LogP contribution in [0, 0.1) is 0 Å². The highest BCUT2D eigenvalue weighted by molar-refractivity contribution is 5.84. The zero-order chi connectivity index (χ0) is 25.1. The lowest BCUT2D eigenvalue weighted by Gasteiger charge is -2.50. The Kier molecular flexibility index (Phi) is 6.58. The molecule has 0 bridgehead atoms. The topological polar surface area (TPSA) is 93.7 Å². The summed E-state index contributed by atoms with van der Waals surface area (Å²) in [5.41, 5.74) is 2.23. The second kappa shape index (κ2) is 9.96. The molecule has 0 aliphatic heterocycles. The maximum atomic E-state index is 6.11. The molecule has 0 unspecified atom stereocenters. The third-order valence-corrected chi connectivity index (χ3v) is 6.50. The summed E-state index contributed by atoms with van der Waals surface area (Å²) in [6.07, 6.45) is 3.50. The van der Waals surface area contributed by atoms with Crippen LogP contribution in [0.3, 0.4) is 0 Å². The number of hydrogen-bond acceptors (Lipinski definition) is 9. The van der Waals surface area contributed by atoms with E-state index in [2.05, 4.69) is 30.5 Å². The molecule has 0 atom stereocenters. The molecule has 1 saturated carbocycles. The average molecular weight is 487 g/mol. The minimum absolute atomic E-state index is 0.138. The van der Waals surface area contributed by atoms with Crippen molar-refractivity contribution in [2.45, 2.75) is 24.7 Å². The first-order chi connectivity index (χ1) is 17.5. The number of aromatic nitrogens is 3. The number of nitrogens with one attached hydrogen (secondary N) is 2. The third kappa shape index (κ3) is 4.89. The van der Waals surface area contributed by atoms with Crippen LogP contribution in [0.25, 0.3) is 10.9 Å². The number of nitrogens with zero attached hydrogens (tertiary/aromatic N) is 4. The summed E-state index contributed by atoms with van der Waals surface area (Å²) in [7, 11) is 7.41. The first-order valence-electron chi connectivity index (χ1n) is 11.8. The highest BCUT2D eigenvalue weighted by atomic mass is 16.5. The predicted molar refractivity (Wildman–Crippen MR) is 140 cm³/mol. The molecule has 2 N–H and O–H groups in total. The molecular weight excluding hydrogens is 456 g/mol. The molecule has 0 radical (unpaired) electrons. The van der Waals surface area contributed by atoms with E-state index in [1.165, 1.54) is 0 Å². The van der Waals surface area contributed by atoms with Crippen LogP contribution in [0.2, 0.25) is 0 Å². The Morgan fingerprint density at radius 3 is 2.44 bits per heavy atom. The zero-order valence-corrected chi connectivity index (χ0v) is 20.9. The van der Waals surface area contributed by atoms with E-state index in [1.807, 2.05) is 68.7 Å². The van der Waals surface area contributed by atoms with Gasteiger partial charge in [0, 0.05) is 37.2 Å². The Hall–Kier alpha value is -3.95. The van der Waals surface area contributed by atoms with Crippen molar-refractivity contribution >= 4 is 34.0 Å². The lowest BCUT2D eigenvalue weighted by molar-refractivity contribution is -0.204. The second-order valence-corrected chi connectivity index (χ2v) is 8.97. The summed E-state index contributed by atoms with van der Waals surface area (Å²) in [6, 6.07) is 19.5. The van der Waals surface area contributed by atoms with E-state index in [0.29, 0.717) is 17.6 Å². The van der Waals surface area contributed by atoms with Crippen LogP contribution < -0.4 is 20.1 Å². The highest BCUT2D eigenvalue weighted by Gasteiger charge is 2.48. The molecule has 1 aliphatic carbocycles. The number of ether oxygens (including phenoxy) is 3.